The molecule has 0 saturated carbocycles. The molecular formula is C11H12N6O5. The van der Waals surface area contributed by atoms with Crippen LogP contribution in [0.1, 0.15) is 12.8 Å². The molecule has 0 spiro atoms. The smallest absolute Gasteiger partial charge is 0.342 e. The van der Waals surface area contributed by atoms with Gasteiger partial charge in [-0.2, -0.15) is 0 Å². The summed E-state index contributed by atoms with van der Waals surface area (Å²) in [6, 6.07) is 7.02. The summed E-state index contributed by atoms with van der Waals surface area (Å²) in [5, 5.41) is 23.0. The van der Waals surface area contributed by atoms with Crippen LogP contribution in [-0.2, 0) is 9.59 Å². The predicted octanol–water partition coefficient (Wildman–Crippen LogP) is 1.04. The maximum Gasteiger partial charge on any atom is 0.342 e. The van der Waals surface area contributed by atoms with Gasteiger partial charge in [0.05, 0.1) is 0 Å². The first-order valence-corrected chi connectivity index (χ1v) is 5.92. The van der Waals surface area contributed by atoms with E-state index in [2.05, 4.69) is 10.0 Å². The molecule has 0 radical (unpaired) electrons. The van der Waals surface area contributed by atoms with Crippen LogP contribution in [0.2, 0.25) is 0 Å². The monoisotopic (exact) mass is 308 g/mol. The normalized spacial score (nSPS) is 12.5. The second-order valence-electron chi connectivity index (χ2n) is 4.16. The molecule has 11 nitrogen and oxygen atoms in total. The van der Waals surface area contributed by atoms with Gasteiger partial charge in [-0.1, -0.05) is 23.2 Å². The van der Waals surface area contributed by atoms with Gasteiger partial charge >= 0.3 is 5.97 Å². The van der Waals surface area contributed by atoms with Gasteiger partial charge in [0.25, 0.3) is 5.66 Å². The van der Waals surface area contributed by atoms with Crippen molar-refractivity contribution in [3.63, 3.8) is 0 Å². The fourth-order valence-corrected chi connectivity index (χ4v) is 1.82. The average Bonchev–Trinajstić information content (AvgIpc) is 2.45. The molecule has 0 aliphatic carbocycles. The zero-order valence-corrected chi connectivity index (χ0v) is 11.2. The first kappa shape index (κ1) is 16.7. The number of nitro groups is 1. The molecule has 3 N–H and O–H groups in total. The molecule has 0 aromatic heterocycles. The second-order valence-corrected chi connectivity index (χ2v) is 4.16. The molecule has 1 aromatic rings. The Morgan fingerprint density at radius 3 is 2.45 bits per heavy atom. The summed E-state index contributed by atoms with van der Waals surface area (Å²) in [5.74, 6) is -2.65. The van der Waals surface area contributed by atoms with E-state index in [4.69, 9.17) is 11.3 Å². The molecule has 0 saturated heterocycles. The summed E-state index contributed by atoms with van der Waals surface area (Å²) in [6.07, 6.45) is -1.17. The molecule has 0 heterocycles. The minimum Gasteiger partial charge on any atom is -0.479 e. The van der Waals surface area contributed by atoms with Gasteiger partial charge in [-0.25, -0.2) is 14.9 Å². The van der Waals surface area contributed by atoms with Crippen molar-refractivity contribution in [3.8, 4) is 0 Å². The highest BCUT2D eigenvalue weighted by atomic mass is 16.7. The highest BCUT2D eigenvalue weighted by Crippen LogP contribution is 2.30. The number of carbonyl (C=O) groups is 2. The van der Waals surface area contributed by atoms with Gasteiger partial charge in [-0.3, -0.25) is 4.79 Å². The Hall–Kier alpha value is -3.33. The standard InChI is InChI=1S/C11H12N6O5/c12-9(18)6-7-11(10(19)20,14-15-13)16(17(21)22)8-4-2-1-3-5-8/h1-5H,6-7H2,(H2,12,18)(H,19,20)/t11-/m0/s1. The van der Waals surface area contributed by atoms with Crippen molar-refractivity contribution in [3.05, 3.63) is 50.9 Å². The zero-order valence-electron chi connectivity index (χ0n) is 11.2. The van der Waals surface area contributed by atoms with E-state index < -0.39 is 35.4 Å². The molecule has 0 fully saturated rings. The van der Waals surface area contributed by atoms with Crippen LogP contribution in [0.15, 0.2) is 35.4 Å². The number of primary amides is 1. The van der Waals surface area contributed by atoms with Gasteiger partial charge in [0.15, 0.2) is 5.03 Å². The molecule has 11 heteroatoms. The van der Waals surface area contributed by atoms with E-state index in [0.29, 0.717) is 0 Å². The second kappa shape index (κ2) is 6.90. The minimum absolute atomic E-state index is 0.119. The molecule has 22 heavy (non-hydrogen) atoms. The van der Waals surface area contributed by atoms with Crippen LogP contribution in [0.4, 0.5) is 5.69 Å². The molecule has 1 rings (SSSR count). The Morgan fingerprint density at radius 1 is 1.45 bits per heavy atom. The lowest BCUT2D eigenvalue weighted by Crippen LogP contribution is -2.56. The van der Waals surface area contributed by atoms with Gasteiger partial charge < -0.3 is 10.8 Å². The number of benzene rings is 1. The van der Waals surface area contributed by atoms with Crippen molar-refractivity contribution in [2.75, 3.05) is 5.01 Å². The van der Waals surface area contributed by atoms with Crippen molar-refractivity contribution in [2.45, 2.75) is 18.5 Å². The summed E-state index contributed by atoms with van der Waals surface area (Å²) in [5.41, 5.74) is 10.8. The van der Waals surface area contributed by atoms with Crippen LogP contribution in [0.5, 0.6) is 0 Å². The quantitative estimate of drug-likeness (QED) is 0.238. The number of carboxylic acid groups (broad SMARTS) is 1. The molecule has 1 amide bonds. The first-order valence-electron chi connectivity index (χ1n) is 5.92. The van der Waals surface area contributed by atoms with Crippen LogP contribution in [-0.4, -0.2) is 27.7 Å². The largest absolute Gasteiger partial charge is 0.479 e. The fourth-order valence-electron chi connectivity index (χ4n) is 1.82. The van der Waals surface area contributed by atoms with E-state index in [0.717, 1.165) is 0 Å². The number of carbonyl (C=O) groups excluding carboxylic acids is 1. The van der Waals surface area contributed by atoms with E-state index in [1.54, 1.807) is 6.07 Å². The summed E-state index contributed by atoms with van der Waals surface area (Å²) in [4.78, 5) is 36.2. The maximum atomic E-state index is 11.6. The number of para-hydroxylation sites is 1. The average molecular weight is 308 g/mol. The Bertz CT molecular complexity index is 625. The Morgan fingerprint density at radius 2 is 2.05 bits per heavy atom. The fraction of sp³-hybridized carbons (Fsp3) is 0.273. The molecule has 1 aromatic carbocycles. The summed E-state index contributed by atoms with van der Waals surface area (Å²) in [6.45, 7) is 0. The van der Waals surface area contributed by atoms with E-state index in [9.17, 15) is 24.8 Å². The predicted molar refractivity (Wildman–Crippen MR) is 73.9 cm³/mol. The number of hydrogen-bond donors (Lipinski definition) is 2. The van der Waals surface area contributed by atoms with Crippen LogP contribution in [0.3, 0.4) is 0 Å². The molecule has 0 unspecified atom stereocenters. The van der Waals surface area contributed by atoms with E-state index in [-0.39, 0.29) is 10.7 Å². The van der Waals surface area contributed by atoms with Gasteiger partial charge in [-0.15, -0.1) is 0 Å². The Labute approximate surface area is 123 Å². The molecule has 0 bridgehead atoms. The Kier molecular flexibility index (Phi) is 5.25. The first-order chi connectivity index (χ1) is 10.3. The number of aliphatic carboxylic acids is 1. The van der Waals surface area contributed by atoms with Gasteiger partial charge in [0, 0.05) is 17.8 Å². The molecular weight excluding hydrogens is 296 g/mol. The summed E-state index contributed by atoms with van der Waals surface area (Å²) < 4.78 is 0. The van der Waals surface area contributed by atoms with Crippen LogP contribution in [0.25, 0.3) is 10.4 Å². The lowest BCUT2D eigenvalue weighted by atomic mass is 10.0. The van der Waals surface area contributed by atoms with Crippen LogP contribution in [0, 0.1) is 10.1 Å². The molecule has 0 aliphatic rings. The van der Waals surface area contributed by atoms with Crippen LogP contribution >= 0.6 is 0 Å². The Balaban J connectivity index is 3.49. The van der Waals surface area contributed by atoms with E-state index in [1.165, 1.54) is 24.3 Å². The van der Waals surface area contributed by atoms with Crippen molar-refractivity contribution >= 4 is 17.6 Å². The van der Waals surface area contributed by atoms with Crippen molar-refractivity contribution < 1.29 is 19.7 Å². The highest BCUT2D eigenvalue weighted by Gasteiger charge is 2.51. The van der Waals surface area contributed by atoms with E-state index in [1.807, 2.05) is 0 Å². The zero-order chi connectivity index (χ0) is 16.8. The van der Waals surface area contributed by atoms with Crippen molar-refractivity contribution in [1.82, 2.24) is 0 Å². The lowest BCUT2D eigenvalue weighted by Gasteiger charge is -2.29. The number of hydrogen-bond acceptors (Lipinski definition) is 5. The lowest BCUT2D eigenvalue weighted by molar-refractivity contribution is -0.505. The third-order valence-electron chi connectivity index (χ3n) is 2.79. The van der Waals surface area contributed by atoms with Gasteiger partial charge in [0.2, 0.25) is 5.91 Å². The SMILES string of the molecule is [N-]=[N+]=N[C@](CCC(N)=O)(C(=O)O)N(c1ccccc1)[N+](=O)[O-]. The topological polar surface area (TPSA) is 176 Å². The van der Waals surface area contributed by atoms with Crippen molar-refractivity contribution in [1.29, 1.82) is 0 Å². The third kappa shape index (κ3) is 3.41. The highest BCUT2D eigenvalue weighted by molar-refractivity contribution is 5.84. The molecule has 116 valence electrons. The van der Waals surface area contributed by atoms with E-state index >= 15 is 0 Å². The summed E-state index contributed by atoms with van der Waals surface area (Å²) >= 11 is 0. The van der Waals surface area contributed by atoms with Gasteiger partial charge in [-0.05, 0) is 22.8 Å². The number of rotatable bonds is 8. The number of hydrazine groups is 1. The third-order valence-corrected chi connectivity index (χ3v) is 2.79. The maximum absolute atomic E-state index is 11.6. The number of carboxylic acids is 1. The minimum atomic E-state index is -2.62. The molecule has 0 aliphatic heterocycles. The number of anilines is 1. The number of amides is 1. The van der Waals surface area contributed by atoms with Gasteiger partial charge in [0.1, 0.15) is 5.69 Å². The summed E-state index contributed by atoms with van der Waals surface area (Å²) in [7, 11) is 0. The number of nitrogens with zero attached hydrogens (tertiary/aromatic N) is 5. The molecule has 1 atom stereocenters. The number of azide groups is 1. The number of nitrogens with two attached hydrogens (primary N) is 1. The van der Waals surface area contributed by atoms with Crippen LogP contribution < -0.4 is 10.7 Å². The van der Waals surface area contributed by atoms with Crippen molar-refractivity contribution in [2.24, 2.45) is 10.8 Å².